The van der Waals surface area contributed by atoms with Crippen molar-refractivity contribution in [1.82, 2.24) is 10.6 Å². The van der Waals surface area contributed by atoms with Crippen LogP contribution in [0.15, 0.2) is 24.3 Å². The Morgan fingerprint density at radius 3 is 2.71 bits per heavy atom. The molecule has 1 aliphatic heterocycles. The molecule has 0 spiro atoms. The monoisotopic (exact) mass is 334 g/mol. The number of benzene rings is 1. The molecule has 0 fully saturated rings. The normalized spacial score (nSPS) is 13.0. The van der Waals surface area contributed by atoms with Crippen molar-refractivity contribution in [2.75, 3.05) is 26.9 Å². The molecule has 8 nitrogen and oxygen atoms in total. The zero-order chi connectivity index (χ0) is 17.4. The molecule has 0 atom stereocenters. The van der Waals surface area contributed by atoms with Gasteiger partial charge < -0.3 is 19.5 Å². The Morgan fingerprint density at radius 1 is 1.21 bits per heavy atom. The zero-order valence-electron chi connectivity index (χ0n) is 13.2. The lowest BCUT2D eigenvalue weighted by Gasteiger charge is -2.07. The van der Waals surface area contributed by atoms with Gasteiger partial charge in [0.05, 0.1) is 13.2 Å². The van der Waals surface area contributed by atoms with Crippen LogP contribution in [0.1, 0.15) is 12.0 Å². The van der Waals surface area contributed by atoms with Crippen molar-refractivity contribution in [3.05, 3.63) is 29.8 Å². The van der Waals surface area contributed by atoms with Crippen LogP contribution in [0.4, 0.5) is 4.79 Å². The molecule has 1 aliphatic rings. The van der Waals surface area contributed by atoms with Gasteiger partial charge in [-0.15, -0.1) is 0 Å². The maximum atomic E-state index is 11.6. The maximum absolute atomic E-state index is 11.6. The second-order valence-corrected chi connectivity index (χ2v) is 4.82. The molecule has 128 valence electrons. The second kappa shape index (κ2) is 8.56. The van der Waals surface area contributed by atoms with Crippen LogP contribution in [-0.4, -0.2) is 44.8 Å². The Bertz CT molecular complexity index is 656. The lowest BCUT2D eigenvalue weighted by Crippen LogP contribution is -2.39. The minimum Gasteiger partial charge on any atom is -0.490 e. The van der Waals surface area contributed by atoms with Crippen molar-refractivity contribution in [2.24, 2.45) is 0 Å². The molecular weight excluding hydrogens is 316 g/mol. The topological polar surface area (TPSA) is 103 Å². The van der Waals surface area contributed by atoms with Crippen molar-refractivity contribution in [2.45, 2.75) is 6.42 Å². The molecule has 0 bridgehead atoms. The number of nitrogens with one attached hydrogen (secondary N) is 2. The van der Waals surface area contributed by atoms with E-state index in [1.54, 1.807) is 18.2 Å². The molecule has 3 amide bonds. The minimum absolute atomic E-state index is 0.544. The van der Waals surface area contributed by atoms with Crippen LogP contribution in [0.2, 0.25) is 0 Å². The van der Waals surface area contributed by atoms with E-state index in [0.29, 0.717) is 24.7 Å². The molecule has 2 N–H and O–H groups in total. The number of esters is 1. The van der Waals surface area contributed by atoms with E-state index in [1.807, 2.05) is 5.32 Å². The molecule has 1 heterocycles. The Morgan fingerprint density at radius 2 is 1.96 bits per heavy atom. The van der Waals surface area contributed by atoms with Crippen molar-refractivity contribution in [3.8, 4) is 11.5 Å². The molecule has 0 aromatic heterocycles. The van der Waals surface area contributed by atoms with Gasteiger partial charge in [0.1, 0.15) is 0 Å². The summed E-state index contributed by atoms with van der Waals surface area (Å²) in [7, 11) is 1.37. The predicted molar refractivity (Wildman–Crippen MR) is 84.6 cm³/mol. The van der Waals surface area contributed by atoms with Crippen molar-refractivity contribution in [1.29, 1.82) is 0 Å². The van der Waals surface area contributed by atoms with Gasteiger partial charge in [-0.25, -0.2) is 9.59 Å². The van der Waals surface area contributed by atoms with Gasteiger partial charge in [-0.3, -0.25) is 10.1 Å². The summed E-state index contributed by atoms with van der Waals surface area (Å²) in [5.41, 5.74) is 0.728. The number of rotatable bonds is 4. The number of hydrogen-bond donors (Lipinski definition) is 2. The smallest absolute Gasteiger partial charge is 0.331 e. The van der Waals surface area contributed by atoms with E-state index >= 15 is 0 Å². The maximum Gasteiger partial charge on any atom is 0.331 e. The fraction of sp³-hybridized carbons (Fsp3) is 0.312. The summed E-state index contributed by atoms with van der Waals surface area (Å²) in [6.45, 7) is 0.632. The van der Waals surface area contributed by atoms with E-state index in [0.717, 1.165) is 12.0 Å². The van der Waals surface area contributed by atoms with E-state index in [4.69, 9.17) is 14.2 Å². The fourth-order valence-electron chi connectivity index (χ4n) is 1.86. The molecule has 1 aromatic carbocycles. The molecular formula is C16H18N2O6. The summed E-state index contributed by atoms with van der Waals surface area (Å²) < 4.78 is 15.8. The van der Waals surface area contributed by atoms with Gasteiger partial charge in [0, 0.05) is 19.5 Å². The number of carbonyl (C=O) groups excluding carboxylic acids is 3. The fourth-order valence-corrected chi connectivity index (χ4v) is 1.86. The number of hydrogen-bond acceptors (Lipinski definition) is 6. The lowest BCUT2D eigenvalue weighted by molar-refractivity contribution is -0.143. The van der Waals surface area contributed by atoms with Gasteiger partial charge in [-0.2, -0.15) is 0 Å². The first-order valence-electron chi connectivity index (χ1n) is 7.34. The summed E-state index contributed by atoms with van der Waals surface area (Å²) in [5, 5.41) is 4.19. The molecule has 0 unspecified atom stereocenters. The predicted octanol–water partition coefficient (Wildman–Crippen LogP) is 0.860. The zero-order valence-corrected chi connectivity index (χ0v) is 13.2. The van der Waals surface area contributed by atoms with Crippen LogP contribution >= 0.6 is 0 Å². The standard InChI is InChI=1S/C16H18N2O6/c1-17-16(21)18-14(19)10-24-15(20)6-4-11-3-5-12-13(9-11)23-8-2-7-22-12/h3-6,9H,2,7-8,10H2,1H3,(H2,17,18,19,21)/b6-4+. The van der Waals surface area contributed by atoms with E-state index in [1.165, 1.54) is 19.2 Å². The van der Waals surface area contributed by atoms with Crippen molar-refractivity contribution < 1.29 is 28.6 Å². The van der Waals surface area contributed by atoms with Crippen LogP contribution in [-0.2, 0) is 14.3 Å². The van der Waals surface area contributed by atoms with Crippen molar-refractivity contribution >= 4 is 24.0 Å². The highest BCUT2D eigenvalue weighted by molar-refractivity contribution is 5.96. The highest BCUT2D eigenvalue weighted by atomic mass is 16.5. The summed E-state index contributed by atoms with van der Waals surface area (Å²) in [6, 6.07) is 4.62. The molecule has 1 aromatic rings. The average molecular weight is 334 g/mol. The lowest BCUT2D eigenvalue weighted by atomic mass is 10.2. The average Bonchev–Trinajstić information content (AvgIpc) is 2.82. The number of amides is 3. The van der Waals surface area contributed by atoms with E-state index in [2.05, 4.69) is 5.32 Å². The largest absolute Gasteiger partial charge is 0.490 e. The number of imide groups is 1. The summed E-state index contributed by atoms with van der Waals surface area (Å²) in [5.74, 6) is -0.132. The van der Waals surface area contributed by atoms with Gasteiger partial charge >= 0.3 is 12.0 Å². The first kappa shape index (κ1) is 17.3. The van der Waals surface area contributed by atoms with Crippen LogP contribution < -0.4 is 20.1 Å². The SMILES string of the molecule is CNC(=O)NC(=O)COC(=O)/C=C/c1ccc2c(c1)OCCCO2. The third-order valence-corrected chi connectivity index (χ3v) is 3.01. The molecule has 24 heavy (non-hydrogen) atoms. The number of urea groups is 1. The molecule has 0 saturated heterocycles. The third-order valence-electron chi connectivity index (χ3n) is 3.01. The van der Waals surface area contributed by atoms with E-state index in [-0.39, 0.29) is 0 Å². The van der Waals surface area contributed by atoms with Gasteiger partial charge in [0.25, 0.3) is 5.91 Å². The van der Waals surface area contributed by atoms with E-state index in [9.17, 15) is 14.4 Å². The quantitative estimate of drug-likeness (QED) is 0.625. The molecule has 0 saturated carbocycles. The Labute approximate surface area is 138 Å². The molecule has 0 radical (unpaired) electrons. The minimum atomic E-state index is -0.716. The Kier molecular flexibility index (Phi) is 6.18. The highest BCUT2D eigenvalue weighted by Crippen LogP contribution is 2.30. The first-order chi connectivity index (χ1) is 11.6. The number of fused-ring (bicyclic) bond motifs is 1. The summed E-state index contributed by atoms with van der Waals surface area (Å²) in [4.78, 5) is 33.8. The van der Waals surface area contributed by atoms with Crippen LogP contribution in [0, 0.1) is 0 Å². The highest BCUT2D eigenvalue weighted by Gasteiger charge is 2.10. The third kappa shape index (κ3) is 5.31. The van der Waals surface area contributed by atoms with Gasteiger partial charge in [0.2, 0.25) is 0 Å². The van der Waals surface area contributed by atoms with Crippen LogP contribution in [0.25, 0.3) is 6.08 Å². The molecule has 8 heteroatoms. The van der Waals surface area contributed by atoms with Gasteiger partial charge in [-0.05, 0) is 23.8 Å². The second-order valence-electron chi connectivity index (χ2n) is 4.82. The summed E-state index contributed by atoms with van der Waals surface area (Å²) in [6.07, 6.45) is 3.53. The van der Waals surface area contributed by atoms with Gasteiger partial charge in [0.15, 0.2) is 18.1 Å². The van der Waals surface area contributed by atoms with Crippen molar-refractivity contribution in [3.63, 3.8) is 0 Å². The van der Waals surface area contributed by atoms with E-state index < -0.39 is 24.5 Å². The van der Waals surface area contributed by atoms with Crippen LogP contribution in [0.5, 0.6) is 11.5 Å². The summed E-state index contributed by atoms with van der Waals surface area (Å²) >= 11 is 0. The van der Waals surface area contributed by atoms with Gasteiger partial charge in [-0.1, -0.05) is 6.07 Å². The van der Waals surface area contributed by atoms with Crippen LogP contribution in [0.3, 0.4) is 0 Å². The number of ether oxygens (including phenoxy) is 3. The Balaban J connectivity index is 1.86. The first-order valence-corrected chi connectivity index (χ1v) is 7.34. The Hall–Kier alpha value is -3.03. The molecule has 0 aliphatic carbocycles. The molecule has 2 rings (SSSR count). The number of carbonyl (C=O) groups is 3.